The van der Waals surface area contributed by atoms with Crippen LogP contribution < -0.4 is 5.73 Å². The number of hydrogen-bond donors (Lipinski definition) is 1. The minimum absolute atomic E-state index is 0. The minimum atomic E-state index is -0.388. The highest BCUT2D eigenvalue weighted by Gasteiger charge is 2.28. The molecule has 2 aliphatic heterocycles. The van der Waals surface area contributed by atoms with Crippen molar-refractivity contribution < 1.29 is 14.3 Å². The predicted molar refractivity (Wildman–Crippen MR) is 75.4 cm³/mol. The van der Waals surface area contributed by atoms with E-state index in [4.69, 9.17) is 15.2 Å². The lowest BCUT2D eigenvalue weighted by molar-refractivity contribution is -0.145. The van der Waals surface area contributed by atoms with Crippen molar-refractivity contribution in [3.63, 3.8) is 0 Å². The topological polar surface area (TPSA) is 64.8 Å². The Labute approximate surface area is 121 Å². The average Bonchev–Trinajstić information content (AvgIpc) is 2.83. The van der Waals surface area contributed by atoms with Gasteiger partial charge in [0.1, 0.15) is 6.10 Å². The van der Waals surface area contributed by atoms with E-state index < -0.39 is 0 Å². The lowest BCUT2D eigenvalue weighted by Crippen LogP contribution is -2.40. The number of rotatable bonds is 4. The van der Waals surface area contributed by atoms with Gasteiger partial charge in [-0.15, -0.1) is 12.4 Å². The second-order valence-electron chi connectivity index (χ2n) is 5.30. The second kappa shape index (κ2) is 8.04. The first kappa shape index (κ1) is 16.7. The van der Waals surface area contributed by atoms with E-state index in [-0.39, 0.29) is 36.6 Å². The van der Waals surface area contributed by atoms with Gasteiger partial charge in [-0.1, -0.05) is 0 Å². The van der Waals surface area contributed by atoms with Crippen molar-refractivity contribution in [1.29, 1.82) is 0 Å². The van der Waals surface area contributed by atoms with E-state index >= 15 is 0 Å². The monoisotopic (exact) mass is 292 g/mol. The molecule has 6 heteroatoms. The molecule has 2 N–H and O–H groups in total. The zero-order valence-corrected chi connectivity index (χ0v) is 12.4. The fourth-order valence-electron chi connectivity index (χ4n) is 2.51. The van der Waals surface area contributed by atoms with E-state index in [0.29, 0.717) is 13.2 Å². The maximum Gasteiger partial charge on any atom is 0.251 e. The molecule has 19 heavy (non-hydrogen) atoms. The molecule has 3 atom stereocenters. The van der Waals surface area contributed by atoms with Crippen LogP contribution in [0.25, 0.3) is 0 Å². The van der Waals surface area contributed by atoms with Crippen molar-refractivity contribution in [3.05, 3.63) is 0 Å². The number of likely N-dealkylation sites (tertiary alicyclic amines) is 1. The summed E-state index contributed by atoms with van der Waals surface area (Å²) in [4.78, 5) is 13.9. The first-order valence-electron chi connectivity index (χ1n) is 6.94. The third-order valence-corrected chi connectivity index (χ3v) is 3.69. The first-order valence-corrected chi connectivity index (χ1v) is 6.94. The van der Waals surface area contributed by atoms with Gasteiger partial charge < -0.3 is 20.1 Å². The van der Waals surface area contributed by atoms with Gasteiger partial charge in [0.15, 0.2) is 0 Å². The molecule has 2 aliphatic rings. The van der Waals surface area contributed by atoms with Gasteiger partial charge >= 0.3 is 0 Å². The van der Waals surface area contributed by atoms with Crippen LogP contribution in [-0.4, -0.2) is 55.4 Å². The van der Waals surface area contributed by atoms with E-state index in [0.717, 1.165) is 32.4 Å². The summed E-state index contributed by atoms with van der Waals surface area (Å²) < 4.78 is 11.2. The van der Waals surface area contributed by atoms with Gasteiger partial charge in [0, 0.05) is 25.7 Å². The standard InChI is InChI=1S/C13H24N2O3.ClH/c1-10(13(16)15-6-5-11(14)8-15)18-9-12-4-2-3-7-17-12;/h10-12H,2-9,14H2,1H3;1H/t10?,11-,12?;/m1./s1. The molecule has 0 aromatic heterocycles. The Bertz CT molecular complexity index is 285. The lowest BCUT2D eigenvalue weighted by atomic mass is 10.1. The molecule has 5 nitrogen and oxygen atoms in total. The van der Waals surface area contributed by atoms with E-state index in [1.54, 1.807) is 4.90 Å². The summed E-state index contributed by atoms with van der Waals surface area (Å²) in [7, 11) is 0. The number of carbonyl (C=O) groups excluding carboxylic acids is 1. The molecular formula is C13H25ClN2O3. The number of carbonyl (C=O) groups is 1. The Balaban J connectivity index is 0.00000180. The van der Waals surface area contributed by atoms with Crippen LogP contribution in [0.1, 0.15) is 32.6 Å². The summed E-state index contributed by atoms with van der Waals surface area (Å²) in [6, 6.07) is 0.128. The highest BCUT2D eigenvalue weighted by Crippen LogP contribution is 2.15. The van der Waals surface area contributed by atoms with Crippen molar-refractivity contribution in [2.75, 3.05) is 26.3 Å². The quantitative estimate of drug-likeness (QED) is 0.838. The summed E-state index contributed by atoms with van der Waals surface area (Å²) in [5, 5.41) is 0. The summed E-state index contributed by atoms with van der Waals surface area (Å²) >= 11 is 0. The Hall–Kier alpha value is -0.360. The molecule has 0 radical (unpaired) electrons. The third-order valence-electron chi connectivity index (χ3n) is 3.69. The molecule has 0 spiro atoms. The number of nitrogens with two attached hydrogens (primary N) is 1. The van der Waals surface area contributed by atoms with Crippen molar-refractivity contribution in [1.82, 2.24) is 4.90 Å². The Kier molecular flexibility index (Phi) is 7.07. The Morgan fingerprint density at radius 2 is 2.26 bits per heavy atom. The summed E-state index contributed by atoms with van der Waals surface area (Å²) in [6.07, 6.45) is 4.03. The summed E-state index contributed by atoms with van der Waals surface area (Å²) in [5.41, 5.74) is 5.80. The van der Waals surface area contributed by atoms with Crippen LogP contribution in [0.4, 0.5) is 0 Å². The second-order valence-corrected chi connectivity index (χ2v) is 5.30. The Morgan fingerprint density at radius 3 is 2.84 bits per heavy atom. The fraction of sp³-hybridized carbons (Fsp3) is 0.923. The molecule has 2 unspecified atom stereocenters. The predicted octanol–water partition coefficient (Wildman–Crippen LogP) is 0.942. The molecule has 0 aromatic carbocycles. The van der Waals surface area contributed by atoms with Crippen LogP contribution >= 0.6 is 12.4 Å². The Morgan fingerprint density at radius 1 is 1.47 bits per heavy atom. The van der Waals surface area contributed by atoms with E-state index in [1.165, 1.54) is 6.42 Å². The molecule has 0 aromatic rings. The van der Waals surface area contributed by atoms with Crippen molar-refractivity contribution in [3.8, 4) is 0 Å². The highest BCUT2D eigenvalue weighted by atomic mass is 35.5. The van der Waals surface area contributed by atoms with Gasteiger partial charge in [0.25, 0.3) is 5.91 Å². The van der Waals surface area contributed by atoms with Gasteiger partial charge in [0.05, 0.1) is 12.7 Å². The van der Waals surface area contributed by atoms with E-state index in [2.05, 4.69) is 0 Å². The van der Waals surface area contributed by atoms with E-state index in [9.17, 15) is 4.79 Å². The first-order chi connectivity index (χ1) is 8.66. The van der Waals surface area contributed by atoms with Gasteiger partial charge in [0.2, 0.25) is 0 Å². The van der Waals surface area contributed by atoms with Gasteiger partial charge in [-0.05, 0) is 32.6 Å². The molecule has 2 rings (SSSR count). The van der Waals surface area contributed by atoms with Crippen LogP contribution in [0.3, 0.4) is 0 Å². The zero-order valence-electron chi connectivity index (χ0n) is 11.5. The van der Waals surface area contributed by atoms with Gasteiger partial charge in [-0.25, -0.2) is 0 Å². The molecule has 0 bridgehead atoms. The summed E-state index contributed by atoms with van der Waals surface area (Å²) in [5.74, 6) is 0.0544. The third kappa shape index (κ3) is 4.91. The van der Waals surface area contributed by atoms with Gasteiger partial charge in [-0.2, -0.15) is 0 Å². The van der Waals surface area contributed by atoms with Crippen LogP contribution in [0.2, 0.25) is 0 Å². The lowest BCUT2D eigenvalue weighted by Gasteiger charge is -2.25. The molecule has 0 aliphatic carbocycles. The molecular weight excluding hydrogens is 268 g/mol. The van der Waals surface area contributed by atoms with Crippen molar-refractivity contribution in [2.45, 2.75) is 50.9 Å². The molecule has 1 amide bonds. The van der Waals surface area contributed by atoms with Crippen LogP contribution in [0.15, 0.2) is 0 Å². The number of amides is 1. The number of ether oxygens (including phenoxy) is 2. The molecule has 2 saturated heterocycles. The summed E-state index contributed by atoms with van der Waals surface area (Å²) in [6.45, 7) is 4.57. The van der Waals surface area contributed by atoms with Crippen LogP contribution in [0, 0.1) is 0 Å². The normalized spacial score (nSPS) is 28.8. The average molecular weight is 293 g/mol. The molecule has 0 saturated carbocycles. The van der Waals surface area contributed by atoms with Crippen LogP contribution in [-0.2, 0) is 14.3 Å². The number of nitrogens with zero attached hydrogens (tertiary/aromatic N) is 1. The van der Waals surface area contributed by atoms with Crippen LogP contribution in [0.5, 0.6) is 0 Å². The number of halogens is 1. The zero-order chi connectivity index (χ0) is 13.0. The number of hydrogen-bond acceptors (Lipinski definition) is 4. The largest absolute Gasteiger partial charge is 0.376 e. The minimum Gasteiger partial charge on any atom is -0.376 e. The smallest absolute Gasteiger partial charge is 0.251 e. The van der Waals surface area contributed by atoms with Gasteiger partial charge in [-0.3, -0.25) is 4.79 Å². The highest BCUT2D eigenvalue weighted by molar-refractivity contribution is 5.85. The van der Waals surface area contributed by atoms with Crippen molar-refractivity contribution in [2.24, 2.45) is 5.73 Å². The maximum atomic E-state index is 12.1. The SMILES string of the molecule is CC(OCC1CCCCO1)C(=O)N1CC[C@@H](N)C1.Cl. The van der Waals surface area contributed by atoms with E-state index in [1.807, 2.05) is 6.92 Å². The fourth-order valence-corrected chi connectivity index (χ4v) is 2.51. The maximum absolute atomic E-state index is 12.1. The molecule has 112 valence electrons. The molecule has 2 heterocycles. The molecule has 2 fully saturated rings. The van der Waals surface area contributed by atoms with Crippen molar-refractivity contribution >= 4 is 18.3 Å².